The molecular formula is C34H37N3O5. The van der Waals surface area contributed by atoms with Gasteiger partial charge in [0.25, 0.3) is 11.8 Å². The van der Waals surface area contributed by atoms with Gasteiger partial charge in [0.2, 0.25) is 11.8 Å². The average molecular weight is 568 g/mol. The standard InChI is InChI=1S/C34H37N3O5/c1-42-27-16-9-13-25(21-27)23-37(30(22-24-11-3-2-4-12-24)32(39)35-26-14-5-6-15-26)31(38)19-10-20-36-33(40)28-17-7-8-18-29(28)34(36)41/h2-4,7-9,11-13,16-18,21,26,30H,5-6,10,14-15,19-20,22-23H2,1H3,(H,35,39)/t30-/m0/s1. The summed E-state index contributed by atoms with van der Waals surface area (Å²) in [6.07, 6.45) is 4.78. The molecule has 8 heteroatoms. The zero-order valence-corrected chi connectivity index (χ0v) is 24.0. The lowest BCUT2D eigenvalue weighted by molar-refractivity contribution is -0.141. The summed E-state index contributed by atoms with van der Waals surface area (Å²) in [4.78, 5) is 56.3. The Hall–Kier alpha value is -4.46. The first-order valence-corrected chi connectivity index (χ1v) is 14.7. The molecule has 1 N–H and O–H groups in total. The van der Waals surface area contributed by atoms with Crippen LogP contribution < -0.4 is 10.1 Å². The summed E-state index contributed by atoms with van der Waals surface area (Å²) in [6, 6.07) is 23.3. The van der Waals surface area contributed by atoms with Gasteiger partial charge in [0, 0.05) is 32.0 Å². The molecule has 218 valence electrons. The summed E-state index contributed by atoms with van der Waals surface area (Å²) in [5, 5.41) is 3.21. The van der Waals surface area contributed by atoms with Gasteiger partial charge in [-0.15, -0.1) is 0 Å². The van der Waals surface area contributed by atoms with E-state index >= 15 is 0 Å². The molecule has 2 aliphatic rings. The summed E-state index contributed by atoms with van der Waals surface area (Å²) in [6.45, 7) is 0.349. The molecule has 0 spiro atoms. The van der Waals surface area contributed by atoms with Crippen molar-refractivity contribution in [2.75, 3.05) is 13.7 Å². The number of carbonyl (C=O) groups excluding carboxylic acids is 4. The van der Waals surface area contributed by atoms with E-state index in [-0.39, 0.29) is 49.2 Å². The highest BCUT2D eigenvalue weighted by Gasteiger charge is 2.36. The first kappa shape index (κ1) is 29.0. The predicted octanol–water partition coefficient (Wildman–Crippen LogP) is 4.77. The van der Waals surface area contributed by atoms with Crippen molar-refractivity contribution in [2.24, 2.45) is 0 Å². The molecule has 1 heterocycles. The Morgan fingerprint density at radius 1 is 0.905 bits per heavy atom. The Labute approximate surface area is 246 Å². The molecular weight excluding hydrogens is 530 g/mol. The van der Waals surface area contributed by atoms with Gasteiger partial charge in [0.15, 0.2) is 0 Å². The quantitative estimate of drug-likeness (QED) is 0.318. The van der Waals surface area contributed by atoms with E-state index < -0.39 is 6.04 Å². The molecule has 3 aromatic carbocycles. The number of nitrogens with zero attached hydrogens (tertiary/aromatic N) is 2. The highest BCUT2D eigenvalue weighted by molar-refractivity contribution is 6.21. The third kappa shape index (κ3) is 6.70. The number of methoxy groups -OCH3 is 1. The number of amides is 4. The first-order valence-electron chi connectivity index (χ1n) is 14.7. The molecule has 0 unspecified atom stereocenters. The SMILES string of the molecule is COc1cccc(CN(C(=O)CCCN2C(=O)c3ccccc3C2=O)[C@@H](Cc2ccccc2)C(=O)NC2CCCC2)c1. The Balaban J connectivity index is 1.36. The van der Waals surface area contributed by atoms with Gasteiger partial charge in [0.1, 0.15) is 11.8 Å². The molecule has 1 aliphatic carbocycles. The number of imide groups is 1. The third-order valence-corrected chi connectivity index (χ3v) is 8.11. The van der Waals surface area contributed by atoms with Crippen LogP contribution in [-0.4, -0.2) is 59.2 Å². The van der Waals surface area contributed by atoms with Crippen molar-refractivity contribution >= 4 is 23.6 Å². The topological polar surface area (TPSA) is 96.0 Å². The maximum Gasteiger partial charge on any atom is 0.261 e. The smallest absolute Gasteiger partial charge is 0.261 e. The second-order valence-corrected chi connectivity index (χ2v) is 11.0. The van der Waals surface area contributed by atoms with Crippen molar-refractivity contribution < 1.29 is 23.9 Å². The van der Waals surface area contributed by atoms with Gasteiger partial charge in [-0.1, -0.05) is 67.4 Å². The van der Waals surface area contributed by atoms with E-state index in [9.17, 15) is 19.2 Å². The molecule has 1 saturated carbocycles. The second kappa shape index (κ2) is 13.5. The van der Waals surface area contributed by atoms with Gasteiger partial charge in [0.05, 0.1) is 18.2 Å². The molecule has 3 aromatic rings. The van der Waals surface area contributed by atoms with E-state index in [2.05, 4.69) is 5.32 Å². The summed E-state index contributed by atoms with van der Waals surface area (Å²) >= 11 is 0. The van der Waals surface area contributed by atoms with Crippen LogP contribution in [0.4, 0.5) is 0 Å². The third-order valence-electron chi connectivity index (χ3n) is 8.11. The number of carbonyl (C=O) groups is 4. The number of hydrogen-bond acceptors (Lipinski definition) is 5. The van der Waals surface area contributed by atoms with Crippen LogP contribution in [0.2, 0.25) is 0 Å². The highest BCUT2D eigenvalue weighted by Crippen LogP contribution is 2.24. The highest BCUT2D eigenvalue weighted by atomic mass is 16.5. The van der Waals surface area contributed by atoms with Crippen LogP contribution in [0.5, 0.6) is 5.75 Å². The molecule has 42 heavy (non-hydrogen) atoms. The zero-order valence-electron chi connectivity index (χ0n) is 24.0. The van der Waals surface area contributed by atoms with Crippen LogP contribution in [-0.2, 0) is 22.6 Å². The minimum Gasteiger partial charge on any atom is -0.497 e. The maximum absolute atomic E-state index is 14.0. The van der Waals surface area contributed by atoms with Gasteiger partial charge >= 0.3 is 0 Å². The number of rotatable bonds is 12. The molecule has 8 nitrogen and oxygen atoms in total. The van der Waals surface area contributed by atoms with Crippen LogP contribution in [0.25, 0.3) is 0 Å². The van der Waals surface area contributed by atoms with E-state index in [1.807, 2.05) is 54.6 Å². The number of fused-ring (bicyclic) bond motifs is 1. The molecule has 0 saturated heterocycles. The fourth-order valence-corrected chi connectivity index (χ4v) is 5.86. The Morgan fingerprint density at radius 2 is 1.55 bits per heavy atom. The van der Waals surface area contributed by atoms with Crippen LogP contribution in [0.3, 0.4) is 0 Å². The number of nitrogens with one attached hydrogen (secondary N) is 1. The predicted molar refractivity (Wildman–Crippen MR) is 159 cm³/mol. The van der Waals surface area contributed by atoms with Crippen molar-refractivity contribution in [2.45, 2.75) is 63.6 Å². The monoisotopic (exact) mass is 567 g/mol. The van der Waals surface area contributed by atoms with E-state index in [0.29, 0.717) is 29.7 Å². The number of ether oxygens (including phenoxy) is 1. The fraction of sp³-hybridized carbons (Fsp3) is 0.353. The van der Waals surface area contributed by atoms with Crippen molar-refractivity contribution in [1.29, 1.82) is 0 Å². The molecule has 0 bridgehead atoms. The molecule has 1 fully saturated rings. The molecule has 1 aliphatic heterocycles. The van der Waals surface area contributed by atoms with Crippen molar-refractivity contribution in [1.82, 2.24) is 15.1 Å². The summed E-state index contributed by atoms with van der Waals surface area (Å²) in [5.74, 6) is -0.386. The lowest BCUT2D eigenvalue weighted by Crippen LogP contribution is -2.52. The van der Waals surface area contributed by atoms with E-state index in [0.717, 1.165) is 36.8 Å². The van der Waals surface area contributed by atoms with Gasteiger partial charge in [-0.2, -0.15) is 0 Å². The summed E-state index contributed by atoms with van der Waals surface area (Å²) in [5.41, 5.74) is 2.58. The number of hydrogen-bond donors (Lipinski definition) is 1. The summed E-state index contributed by atoms with van der Waals surface area (Å²) < 4.78 is 5.41. The Morgan fingerprint density at radius 3 is 2.21 bits per heavy atom. The van der Waals surface area contributed by atoms with Gasteiger partial charge < -0.3 is 15.0 Å². The Bertz CT molecular complexity index is 1400. The molecule has 5 rings (SSSR count). The van der Waals surface area contributed by atoms with Crippen LogP contribution >= 0.6 is 0 Å². The minimum atomic E-state index is -0.731. The van der Waals surface area contributed by atoms with Crippen molar-refractivity contribution in [3.05, 3.63) is 101 Å². The first-order chi connectivity index (χ1) is 20.4. The van der Waals surface area contributed by atoms with Gasteiger partial charge in [-0.05, 0) is 54.7 Å². The van der Waals surface area contributed by atoms with Crippen LogP contribution in [0.15, 0.2) is 78.9 Å². The van der Waals surface area contributed by atoms with E-state index in [4.69, 9.17) is 4.74 Å². The van der Waals surface area contributed by atoms with Crippen LogP contribution in [0.1, 0.15) is 70.4 Å². The number of benzene rings is 3. The van der Waals surface area contributed by atoms with Crippen molar-refractivity contribution in [3.8, 4) is 5.75 Å². The summed E-state index contributed by atoms with van der Waals surface area (Å²) in [7, 11) is 1.59. The Kier molecular flexibility index (Phi) is 9.31. The normalized spacial score (nSPS) is 15.4. The lowest BCUT2D eigenvalue weighted by atomic mass is 10.0. The van der Waals surface area contributed by atoms with E-state index in [1.165, 1.54) is 4.90 Å². The second-order valence-electron chi connectivity index (χ2n) is 11.0. The van der Waals surface area contributed by atoms with Gasteiger partial charge in [-0.25, -0.2) is 0 Å². The largest absolute Gasteiger partial charge is 0.497 e. The lowest BCUT2D eigenvalue weighted by Gasteiger charge is -2.32. The maximum atomic E-state index is 14.0. The minimum absolute atomic E-state index is 0.0827. The van der Waals surface area contributed by atoms with Crippen molar-refractivity contribution in [3.63, 3.8) is 0 Å². The average Bonchev–Trinajstić information content (AvgIpc) is 3.61. The molecule has 0 aromatic heterocycles. The van der Waals surface area contributed by atoms with E-state index in [1.54, 1.807) is 36.3 Å². The molecule has 4 amide bonds. The fourth-order valence-electron chi connectivity index (χ4n) is 5.86. The molecule has 1 atom stereocenters. The van der Waals surface area contributed by atoms with Gasteiger partial charge in [-0.3, -0.25) is 24.1 Å². The van der Waals surface area contributed by atoms with Crippen LogP contribution in [0, 0.1) is 0 Å². The molecule has 0 radical (unpaired) electrons. The zero-order chi connectivity index (χ0) is 29.5.